The molecule has 3 nitrogen and oxygen atoms in total. The Morgan fingerprint density at radius 3 is 2.81 bits per heavy atom. The number of hydrogen-bond donors (Lipinski definition) is 0. The summed E-state index contributed by atoms with van der Waals surface area (Å²) < 4.78 is 5.60. The summed E-state index contributed by atoms with van der Waals surface area (Å²) in [4.78, 5) is 13.9. The van der Waals surface area contributed by atoms with Crippen molar-refractivity contribution in [2.24, 2.45) is 5.92 Å². The number of carbonyl (C=O) groups is 1. The molecular formula is C13H23NO2. The Bertz CT molecular complexity index is 238. The highest BCUT2D eigenvalue weighted by Crippen LogP contribution is 2.28. The Morgan fingerprint density at radius 2 is 2.12 bits per heavy atom. The largest absolute Gasteiger partial charge is 0.380 e. The summed E-state index contributed by atoms with van der Waals surface area (Å²) in [6.45, 7) is 2.59. The van der Waals surface area contributed by atoms with Crippen molar-refractivity contribution in [1.82, 2.24) is 4.90 Å². The number of ketones is 1. The molecule has 0 N–H and O–H groups in total. The smallest absolute Gasteiger partial charge is 0.149 e. The van der Waals surface area contributed by atoms with E-state index in [0.717, 1.165) is 44.9 Å². The maximum Gasteiger partial charge on any atom is 0.149 e. The predicted molar refractivity (Wildman–Crippen MR) is 63.4 cm³/mol. The Kier molecular flexibility index (Phi) is 4.36. The van der Waals surface area contributed by atoms with Crippen LogP contribution in [0.1, 0.15) is 38.5 Å². The van der Waals surface area contributed by atoms with Crippen LogP contribution in [0.25, 0.3) is 0 Å². The third kappa shape index (κ3) is 3.56. The van der Waals surface area contributed by atoms with Gasteiger partial charge in [-0.1, -0.05) is 6.42 Å². The van der Waals surface area contributed by atoms with Gasteiger partial charge in [0, 0.05) is 19.6 Å². The van der Waals surface area contributed by atoms with Gasteiger partial charge in [-0.05, 0) is 38.6 Å². The molecule has 3 heteroatoms. The number of ether oxygens (including phenoxy) is 1. The van der Waals surface area contributed by atoms with E-state index in [0.29, 0.717) is 5.78 Å². The van der Waals surface area contributed by atoms with Crippen molar-refractivity contribution in [3.63, 3.8) is 0 Å². The first-order valence-electron chi connectivity index (χ1n) is 6.58. The number of Topliss-reactive ketones (excluding diaryl/α,β-unsaturated/α-hetero) is 1. The highest BCUT2D eigenvalue weighted by molar-refractivity contribution is 5.84. The minimum absolute atomic E-state index is 0.165. The summed E-state index contributed by atoms with van der Waals surface area (Å²) in [7, 11) is 2.05. The second-order valence-corrected chi connectivity index (χ2v) is 5.23. The number of nitrogens with zero attached hydrogens (tertiary/aromatic N) is 1. The van der Waals surface area contributed by atoms with Crippen LogP contribution in [0.4, 0.5) is 0 Å². The molecule has 0 heterocycles. The molecule has 0 aromatic rings. The first kappa shape index (κ1) is 12.1. The lowest BCUT2D eigenvalue weighted by molar-refractivity contribution is -0.125. The second-order valence-electron chi connectivity index (χ2n) is 5.23. The van der Waals surface area contributed by atoms with Gasteiger partial charge in [-0.25, -0.2) is 0 Å². The highest BCUT2D eigenvalue weighted by Gasteiger charge is 2.26. The molecule has 2 rings (SSSR count). The van der Waals surface area contributed by atoms with Crippen LogP contribution in [-0.4, -0.2) is 43.5 Å². The van der Waals surface area contributed by atoms with Gasteiger partial charge < -0.3 is 4.74 Å². The first-order chi connectivity index (χ1) is 7.77. The number of likely N-dealkylation sites (N-methyl/N-ethyl adjacent to an activating group) is 1. The lowest BCUT2D eigenvalue weighted by Crippen LogP contribution is -2.42. The van der Waals surface area contributed by atoms with Gasteiger partial charge in [-0.2, -0.15) is 0 Å². The van der Waals surface area contributed by atoms with Crippen LogP contribution in [0.15, 0.2) is 0 Å². The molecule has 2 aliphatic rings. The van der Waals surface area contributed by atoms with Gasteiger partial charge in [0.05, 0.1) is 12.6 Å². The van der Waals surface area contributed by atoms with E-state index in [1.807, 2.05) is 7.05 Å². The van der Waals surface area contributed by atoms with E-state index in [9.17, 15) is 4.79 Å². The summed E-state index contributed by atoms with van der Waals surface area (Å²) in [5.74, 6) is 1.26. The molecule has 92 valence electrons. The maximum absolute atomic E-state index is 11.7. The number of carbonyl (C=O) groups excluding carboxylic acids is 1. The second kappa shape index (κ2) is 5.78. The van der Waals surface area contributed by atoms with Crippen LogP contribution < -0.4 is 0 Å². The van der Waals surface area contributed by atoms with Crippen molar-refractivity contribution < 1.29 is 9.53 Å². The van der Waals surface area contributed by atoms with Crippen LogP contribution in [0.3, 0.4) is 0 Å². The molecule has 0 saturated heterocycles. The van der Waals surface area contributed by atoms with Crippen LogP contribution >= 0.6 is 0 Å². The Balaban J connectivity index is 1.61. The van der Waals surface area contributed by atoms with Crippen LogP contribution in [0.2, 0.25) is 0 Å². The summed E-state index contributed by atoms with van der Waals surface area (Å²) in [5.41, 5.74) is 0. The molecule has 1 unspecified atom stereocenters. The Hall–Kier alpha value is -0.410. The summed E-state index contributed by atoms with van der Waals surface area (Å²) >= 11 is 0. The molecule has 16 heavy (non-hydrogen) atoms. The zero-order valence-electron chi connectivity index (χ0n) is 10.3. The quantitative estimate of drug-likeness (QED) is 0.646. The van der Waals surface area contributed by atoms with Crippen molar-refractivity contribution >= 4 is 5.78 Å². The van der Waals surface area contributed by atoms with Crippen molar-refractivity contribution in [1.29, 1.82) is 0 Å². The average molecular weight is 225 g/mol. The van der Waals surface area contributed by atoms with Crippen LogP contribution in [0.5, 0.6) is 0 Å². The normalized spacial score (nSPS) is 26.4. The third-order valence-electron chi connectivity index (χ3n) is 3.69. The van der Waals surface area contributed by atoms with Gasteiger partial charge >= 0.3 is 0 Å². The molecule has 0 amide bonds. The molecule has 2 aliphatic carbocycles. The van der Waals surface area contributed by atoms with Crippen LogP contribution in [-0.2, 0) is 9.53 Å². The fourth-order valence-electron chi connectivity index (χ4n) is 2.33. The van der Waals surface area contributed by atoms with E-state index in [4.69, 9.17) is 4.74 Å². The maximum atomic E-state index is 11.7. The van der Waals surface area contributed by atoms with Gasteiger partial charge in [0.15, 0.2) is 0 Å². The topological polar surface area (TPSA) is 29.5 Å². The standard InChI is InChI=1S/C13H23NO2/c1-14(8-9-16-10-11-6-7-11)12-4-2-3-5-13(12)15/h11-12H,2-10H2,1H3. The van der Waals surface area contributed by atoms with Gasteiger partial charge in [0.2, 0.25) is 0 Å². The molecular weight excluding hydrogens is 202 g/mol. The molecule has 0 aliphatic heterocycles. The minimum Gasteiger partial charge on any atom is -0.380 e. The number of rotatable bonds is 6. The molecule has 2 saturated carbocycles. The fraction of sp³-hybridized carbons (Fsp3) is 0.923. The predicted octanol–water partition coefficient (Wildman–Crippen LogP) is 1.86. The Labute approximate surface area is 98.1 Å². The van der Waals surface area contributed by atoms with E-state index in [2.05, 4.69) is 4.90 Å². The summed E-state index contributed by atoms with van der Waals surface area (Å²) in [6.07, 6.45) is 6.79. The van der Waals surface area contributed by atoms with Crippen molar-refractivity contribution in [3.05, 3.63) is 0 Å². The van der Waals surface area contributed by atoms with Gasteiger partial charge in [-0.15, -0.1) is 0 Å². The molecule has 0 aromatic heterocycles. The summed E-state index contributed by atoms with van der Waals surface area (Å²) in [5, 5.41) is 0. The highest BCUT2D eigenvalue weighted by atomic mass is 16.5. The monoisotopic (exact) mass is 225 g/mol. The van der Waals surface area contributed by atoms with Crippen LogP contribution in [0, 0.1) is 5.92 Å². The van der Waals surface area contributed by atoms with Crippen molar-refractivity contribution in [2.45, 2.75) is 44.6 Å². The Morgan fingerprint density at radius 1 is 1.31 bits per heavy atom. The third-order valence-corrected chi connectivity index (χ3v) is 3.69. The number of hydrogen-bond acceptors (Lipinski definition) is 3. The van der Waals surface area contributed by atoms with E-state index >= 15 is 0 Å². The van der Waals surface area contributed by atoms with E-state index in [1.54, 1.807) is 0 Å². The zero-order chi connectivity index (χ0) is 11.4. The molecule has 2 fully saturated rings. The summed E-state index contributed by atoms with van der Waals surface area (Å²) in [6, 6.07) is 0.165. The SMILES string of the molecule is CN(CCOCC1CC1)C1CCCCC1=O. The van der Waals surface area contributed by atoms with E-state index in [-0.39, 0.29) is 6.04 Å². The van der Waals surface area contributed by atoms with Gasteiger partial charge in [0.25, 0.3) is 0 Å². The van der Waals surface area contributed by atoms with Crippen molar-refractivity contribution in [3.8, 4) is 0 Å². The molecule has 1 atom stereocenters. The van der Waals surface area contributed by atoms with Gasteiger partial charge in [-0.3, -0.25) is 9.69 Å². The van der Waals surface area contributed by atoms with E-state index in [1.165, 1.54) is 19.3 Å². The van der Waals surface area contributed by atoms with Gasteiger partial charge in [0.1, 0.15) is 5.78 Å². The van der Waals surface area contributed by atoms with Crippen molar-refractivity contribution in [2.75, 3.05) is 26.8 Å². The molecule has 0 spiro atoms. The lowest BCUT2D eigenvalue weighted by atomic mass is 9.93. The molecule has 0 bridgehead atoms. The fourth-order valence-corrected chi connectivity index (χ4v) is 2.33. The minimum atomic E-state index is 0.165. The first-order valence-corrected chi connectivity index (χ1v) is 6.58. The van der Waals surface area contributed by atoms with E-state index < -0.39 is 0 Å². The zero-order valence-corrected chi connectivity index (χ0v) is 10.3. The lowest BCUT2D eigenvalue weighted by Gasteiger charge is -2.29. The molecule has 0 radical (unpaired) electrons. The molecule has 0 aromatic carbocycles. The average Bonchev–Trinajstić information content (AvgIpc) is 3.08.